The Bertz CT molecular complexity index is 603. The Kier molecular flexibility index (Phi) is 5.01. The fourth-order valence-corrected chi connectivity index (χ4v) is 3.98. The van der Waals surface area contributed by atoms with Crippen molar-refractivity contribution in [2.24, 2.45) is 0 Å². The first-order chi connectivity index (χ1) is 10.8. The monoisotopic (exact) mass is 315 g/mol. The summed E-state index contributed by atoms with van der Waals surface area (Å²) in [6.45, 7) is 6.84. The molecule has 0 spiro atoms. The van der Waals surface area contributed by atoms with E-state index in [-0.39, 0.29) is 0 Å². The molecule has 0 unspecified atom stereocenters. The Morgan fingerprint density at radius 3 is 2.68 bits per heavy atom. The summed E-state index contributed by atoms with van der Waals surface area (Å²) in [4.78, 5) is 7.08. The molecular weight excluding hydrogens is 294 g/mol. The summed E-state index contributed by atoms with van der Waals surface area (Å²) in [5, 5.41) is 10.8. The van der Waals surface area contributed by atoms with Gasteiger partial charge >= 0.3 is 0 Å². The van der Waals surface area contributed by atoms with Gasteiger partial charge < -0.3 is 9.64 Å². The number of nitriles is 1. The van der Waals surface area contributed by atoms with Crippen LogP contribution in [0.1, 0.15) is 29.5 Å². The minimum Gasteiger partial charge on any atom is -0.378 e. The van der Waals surface area contributed by atoms with Gasteiger partial charge in [0.25, 0.3) is 0 Å². The van der Waals surface area contributed by atoms with Crippen LogP contribution in [0.25, 0.3) is 0 Å². The van der Waals surface area contributed by atoms with E-state index in [1.54, 1.807) is 11.8 Å². The van der Waals surface area contributed by atoms with Gasteiger partial charge in [0.15, 0.2) is 0 Å². The standard InChI is InChI=1S/C17H21N3OS/c1-2-11-22-17-14-6-4-3-5-13(14)15(12-18)16(19-17)20-7-9-21-10-8-20/h2H,1,3-11H2. The number of hydrogen-bond donors (Lipinski definition) is 0. The van der Waals surface area contributed by atoms with Crippen molar-refractivity contribution in [1.29, 1.82) is 5.26 Å². The van der Waals surface area contributed by atoms with Gasteiger partial charge in [0.05, 0.1) is 18.8 Å². The molecule has 2 aliphatic rings. The Balaban J connectivity index is 2.07. The van der Waals surface area contributed by atoms with E-state index in [2.05, 4.69) is 17.5 Å². The minimum atomic E-state index is 0.707. The second-order valence-corrected chi connectivity index (χ2v) is 6.60. The van der Waals surface area contributed by atoms with Crippen molar-refractivity contribution >= 4 is 17.6 Å². The molecule has 0 radical (unpaired) electrons. The van der Waals surface area contributed by atoms with E-state index in [4.69, 9.17) is 9.72 Å². The second kappa shape index (κ2) is 7.17. The Morgan fingerprint density at radius 2 is 2.00 bits per heavy atom. The number of thioether (sulfide) groups is 1. The Labute approximate surface area is 136 Å². The van der Waals surface area contributed by atoms with Crippen LogP contribution in [0.5, 0.6) is 0 Å². The maximum Gasteiger partial charge on any atom is 0.148 e. The highest BCUT2D eigenvalue weighted by molar-refractivity contribution is 7.99. The van der Waals surface area contributed by atoms with Crippen molar-refractivity contribution < 1.29 is 4.74 Å². The van der Waals surface area contributed by atoms with E-state index in [1.165, 1.54) is 24.0 Å². The number of hydrogen-bond acceptors (Lipinski definition) is 5. The van der Waals surface area contributed by atoms with Crippen LogP contribution >= 0.6 is 11.8 Å². The summed E-state index contributed by atoms with van der Waals surface area (Å²) in [5.74, 6) is 1.71. The molecule has 1 aromatic heterocycles. The van der Waals surface area contributed by atoms with E-state index in [9.17, 15) is 5.26 Å². The number of rotatable bonds is 4. The zero-order valence-corrected chi connectivity index (χ0v) is 13.6. The van der Waals surface area contributed by atoms with Crippen molar-refractivity contribution in [3.63, 3.8) is 0 Å². The molecule has 1 aromatic rings. The molecule has 0 aromatic carbocycles. The summed E-state index contributed by atoms with van der Waals surface area (Å²) < 4.78 is 5.43. The molecule has 3 rings (SSSR count). The SMILES string of the molecule is C=CCSc1nc(N2CCOCC2)c(C#N)c2c1CCCC2. The predicted octanol–water partition coefficient (Wildman–Crippen LogP) is 2.95. The molecule has 116 valence electrons. The van der Waals surface area contributed by atoms with Crippen molar-refractivity contribution in [3.8, 4) is 6.07 Å². The average molecular weight is 315 g/mol. The molecular formula is C17H21N3OS. The predicted molar refractivity (Wildman–Crippen MR) is 89.5 cm³/mol. The van der Waals surface area contributed by atoms with Crippen molar-refractivity contribution in [2.75, 3.05) is 37.0 Å². The maximum atomic E-state index is 9.70. The molecule has 0 N–H and O–H groups in total. The van der Waals surface area contributed by atoms with Gasteiger partial charge in [-0.05, 0) is 36.8 Å². The molecule has 1 aliphatic carbocycles. The van der Waals surface area contributed by atoms with Gasteiger partial charge in [0, 0.05) is 18.8 Å². The number of pyridine rings is 1. The van der Waals surface area contributed by atoms with Crippen LogP contribution in [0.3, 0.4) is 0 Å². The van der Waals surface area contributed by atoms with E-state index in [0.29, 0.717) is 13.2 Å². The molecule has 1 saturated heterocycles. The van der Waals surface area contributed by atoms with E-state index in [1.807, 2.05) is 6.08 Å². The normalized spacial score (nSPS) is 17.7. The Morgan fingerprint density at radius 1 is 1.27 bits per heavy atom. The highest BCUT2D eigenvalue weighted by Gasteiger charge is 2.25. The van der Waals surface area contributed by atoms with Crippen LogP contribution < -0.4 is 4.90 Å². The van der Waals surface area contributed by atoms with Crippen LogP contribution in [-0.2, 0) is 17.6 Å². The number of morpholine rings is 1. The molecule has 22 heavy (non-hydrogen) atoms. The van der Waals surface area contributed by atoms with Crippen LogP contribution in [0.2, 0.25) is 0 Å². The largest absolute Gasteiger partial charge is 0.378 e. The van der Waals surface area contributed by atoms with Gasteiger partial charge in [-0.1, -0.05) is 6.08 Å². The lowest BCUT2D eigenvalue weighted by Gasteiger charge is -2.31. The molecule has 1 fully saturated rings. The fraction of sp³-hybridized carbons (Fsp3) is 0.529. The fourth-order valence-electron chi connectivity index (χ4n) is 3.15. The summed E-state index contributed by atoms with van der Waals surface area (Å²) >= 11 is 1.74. The van der Waals surface area contributed by atoms with Crippen molar-refractivity contribution in [1.82, 2.24) is 4.98 Å². The zero-order valence-electron chi connectivity index (χ0n) is 12.8. The summed E-state index contributed by atoms with van der Waals surface area (Å²) in [6.07, 6.45) is 6.31. The van der Waals surface area contributed by atoms with Gasteiger partial charge in [-0.3, -0.25) is 0 Å². The third-order valence-corrected chi connectivity index (χ3v) is 5.23. The van der Waals surface area contributed by atoms with Gasteiger partial charge in [0.2, 0.25) is 0 Å². The second-order valence-electron chi connectivity index (χ2n) is 5.59. The molecule has 1 aliphatic heterocycles. The molecule has 4 nitrogen and oxygen atoms in total. The summed E-state index contributed by atoms with van der Waals surface area (Å²) in [5.41, 5.74) is 3.32. The van der Waals surface area contributed by atoms with E-state index >= 15 is 0 Å². The van der Waals surface area contributed by atoms with Crippen molar-refractivity contribution in [2.45, 2.75) is 30.7 Å². The van der Waals surface area contributed by atoms with Gasteiger partial charge in [-0.2, -0.15) is 5.26 Å². The summed E-state index contributed by atoms with van der Waals surface area (Å²) in [6, 6.07) is 2.43. The molecule has 0 amide bonds. The lowest BCUT2D eigenvalue weighted by molar-refractivity contribution is 0.122. The van der Waals surface area contributed by atoms with Crippen LogP contribution in [0, 0.1) is 11.3 Å². The van der Waals surface area contributed by atoms with Gasteiger partial charge in [-0.25, -0.2) is 4.98 Å². The van der Waals surface area contributed by atoms with Crippen LogP contribution in [0.15, 0.2) is 17.7 Å². The number of nitrogens with zero attached hydrogens (tertiary/aromatic N) is 3. The molecule has 0 saturated carbocycles. The Hall–Kier alpha value is -1.51. The molecule has 0 bridgehead atoms. The number of anilines is 1. The topological polar surface area (TPSA) is 49.2 Å². The first-order valence-corrected chi connectivity index (χ1v) is 8.86. The summed E-state index contributed by atoms with van der Waals surface area (Å²) in [7, 11) is 0. The highest BCUT2D eigenvalue weighted by atomic mass is 32.2. The van der Waals surface area contributed by atoms with Crippen LogP contribution in [0.4, 0.5) is 5.82 Å². The first kappa shape index (κ1) is 15.4. The highest BCUT2D eigenvalue weighted by Crippen LogP contribution is 2.36. The zero-order chi connectivity index (χ0) is 15.4. The molecule has 5 heteroatoms. The molecule has 0 atom stereocenters. The quantitative estimate of drug-likeness (QED) is 0.631. The third kappa shape index (κ3) is 2.99. The average Bonchev–Trinajstić information content (AvgIpc) is 2.59. The van der Waals surface area contributed by atoms with Gasteiger partial charge in [-0.15, -0.1) is 18.3 Å². The van der Waals surface area contributed by atoms with E-state index < -0.39 is 0 Å². The van der Waals surface area contributed by atoms with Crippen LogP contribution in [-0.4, -0.2) is 37.0 Å². The van der Waals surface area contributed by atoms with Gasteiger partial charge in [0.1, 0.15) is 16.9 Å². The van der Waals surface area contributed by atoms with Crippen molar-refractivity contribution in [3.05, 3.63) is 29.3 Å². The van der Waals surface area contributed by atoms with E-state index in [0.717, 1.165) is 48.1 Å². The minimum absolute atomic E-state index is 0.707. The number of fused-ring (bicyclic) bond motifs is 1. The number of ether oxygens (including phenoxy) is 1. The number of aromatic nitrogens is 1. The lowest BCUT2D eigenvalue weighted by Crippen LogP contribution is -2.37. The molecule has 2 heterocycles. The first-order valence-electron chi connectivity index (χ1n) is 7.87. The third-order valence-electron chi connectivity index (χ3n) is 4.22. The maximum absolute atomic E-state index is 9.70. The smallest absolute Gasteiger partial charge is 0.148 e. The lowest BCUT2D eigenvalue weighted by atomic mass is 9.90.